The van der Waals surface area contributed by atoms with Gasteiger partial charge in [0.25, 0.3) is 0 Å². The van der Waals surface area contributed by atoms with Crippen LogP contribution in [0, 0.1) is 5.41 Å². The van der Waals surface area contributed by atoms with E-state index < -0.39 is 5.41 Å². The van der Waals surface area contributed by atoms with Gasteiger partial charge < -0.3 is 0 Å². The molecule has 2 aliphatic carbocycles. The highest BCUT2D eigenvalue weighted by Gasteiger charge is 2.48. The van der Waals surface area contributed by atoms with Crippen molar-refractivity contribution < 1.29 is 4.79 Å². The second-order valence-corrected chi connectivity index (χ2v) is 7.78. The van der Waals surface area contributed by atoms with Gasteiger partial charge in [-0.2, -0.15) is 0 Å². The summed E-state index contributed by atoms with van der Waals surface area (Å²) in [4.78, 5) is 13.7. The SMILES string of the molecule is O=C1c2ccccc2CC1(Cc1ccccc1)C1=Cc2ccccc2CC1. The Kier molecular flexibility index (Phi) is 3.82. The topological polar surface area (TPSA) is 17.1 Å². The van der Waals surface area contributed by atoms with E-state index in [0.717, 1.165) is 31.2 Å². The summed E-state index contributed by atoms with van der Waals surface area (Å²) in [7, 11) is 0. The lowest BCUT2D eigenvalue weighted by molar-refractivity contribution is 0.0859. The second kappa shape index (κ2) is 6.35. The van der Waals surface area contributed by atoms with Gasteiger partial charge in [-0.1, -0.05) is 90.5 Å². The van der Waals surface area contributed by atoms with Crippen LogP contribution < -0.4 is 0 Å². The first kappa shape index (κ1) is 16.3. The highest BCUT2D eigenvalue weighted by Crippen LogP contribution is 2.48. The number of fused-ring (bicyclic) bond motifs is 2. The lowest BCUT2D eigenvalue weighted by atomic mass is 9.68. The Hall–Kier alpha value is -2.93. The van der Waals surface area contributed by atoms with Gasteiger partial charge in [0, 0.05) is 5.56 Å². The largest absolute Gasteiger partial charge is 0.293 e. The molecule has 0 N–H and O–H groups in total. The van der Waals surface area contributed by atoms with Crippen molar-refractivity contribution in [3.8, 4) is 0 Å². The Morgan fingerprint density at radius 3 is 2.26 bits per heavy atom. The zero-order valence-corrected chi connectivity index (χ0v) is 15.3. The van der Waals surface area contributed by atoms with Crippen LogP contribution in [0.1, 0.15) is 39.0 Å². The minimum atomic E-state index is -0.446. The highest BCUT2D eigenvalue weighted by atomic mass is 16.1. The number of carbonyl (C=O) groups is 1. The molecule has 0 bridgehead atoms. The zero-order valence-electron chi connectivity index (χ0n) is 15.3. The summed E-state index contributed by atoms with van der Waals surface area (Å²) >= 11 is 0. The molecule has 3 aromatic carbocycles. The minimum absolute atomic E-state index is 0.299. The van der Waals surface area contributed by atoms with Crippen molar-refractivity contribution in [2.75, 3.05) is 0 Å². The van der Waals surface area contributed by atoms with Crippen molar-refractivity contribution in [1.29, 1.82) is 0 Å². The van der Waals surface area contributed by atoms with Crippen molar-refractivity contribution in [2.24, 2.45) is 5.41 Å². The molecule has 1 atom stereocenters. The zero-order chi connectivity index (χ0) is 18.3. The monoisotopic (exact) mass is 350 g/mol. The van der Waals surface area contributed by atoms with Gasteiger partial charge in [0.15, 0.2) is 5.78 Å². The van der Waals surface area contributed by atoms with Crippen LogP contribution in [0.15, 0.2) is 84.4 Å². The summed E-state index contributed by atoms with van der Waals surface area (Å²) in [6, 6.07) is 27.2. The number of ketones is 1. The summed E-state index contributed by atoms with van der Waals surface area (Å²) in [6.07, 6.45) is 5.86. The van der Waals surface area contributed by atoms with E-state index in [4.69, 9.17) is 0 Å². The first-order valence-corrected chi connectivity index (χ1v) is 9.72. The maximum absolute atomic E-state index is 13.7. The van der Waals surface area contributed by atoms with E-state index in [0.29, 0.717) is 5.78 Å². The molecule has 1 unspecified atom stereocenters. The molecule has 0 aliphatic heterocycles. The Morgan fingerprint density at radius 1 is 0.741 bits per heavy atom. The number of aryl methyl sites for hydroxylation is 1. The number of hydrogen-bond donors (Lipinski definition) is 0. The Bertz CT molecular complexity index is 1040. The van der Waals surface area contributed by atoms with Crippen LogP contribution in [0.3, 0.4) is 0 Å². The van der Waals surface area contributed by atoms with Crippen LogP contribution >= 0.6 is 0 Å². The molecule has 27 heavy (non-hydrogen) atoms. The standard InChI is InChI=1S/C26H22O/c27-25-24-13-7-6-12-22(24)18-26(25,17-19-8-2-1-3-9-19)23-15-14-20-10-4-5-11-21(20)16-23/h1-13,16H,14-15,17-18H2. The summed E-state index contributed by atoms with van der Waals surface area (Å²) < 4.78 is 0. The molecule has 132 valence electrons. The van der Waals surface area contributed by atoms with Crippen LogP contribution in [-0.4, -0.2) is 5.78 Å². The molecule has 0 spiro atoms. The van der Waals surface area contributed by atoms with E-state index in [-0.39, 0.29) is 0 Å². The fourth-order valence-corrected chi connectivity index (χ4v) is 4.83. The van der Waals surface area contributed by atoms with Crippen LogP contribution in [0.4, 0.5) is 0 Å². The van der Waals surface area contributed by atoms with Gasteiger partial charge in [-0.05, 0) is 47.9 Å². The normalized spacial score (nSPS) is 20.7. The molecule has 5 rings (SSSR count). The average molecular weight is 350 g/mol. The fourth-order valence-electron chi connectivity index (χ4n) is 4.83. The molecular formula is C26H22O. The number of carbonyl (C=O) groups excluding carboxylic acids is 1. The van der Waals surface area contributed by atoms with Crippen LogP contribution in [0.2, 0.25) is 0 Å². The number of hydrogen-bond acceptors (Lipinski definition) is 1. The predicted octanol–water partition coefficient (Wildman–Crippen LogP) is 5.68. The lowest BCUT2D eigenvalue weighted by Crippen LogP contribution is -2.34. The van der Waals surface area contributed by atoms with Crippen LogP contribution in [-0.2, 0) is 19.3 Å². The first-order valence-electron chi connectivity index (χ1n) is 9.72. The fraction of sp³-hybridized carbons (Fsp3) is 0.192. The van der Waals surface area contributed by atoms with Crippen molar-refractivity contribution in [3.63, 3.8) is 0 Å². The molecule has 0 amide bonds. The van der Waals surface area contributed by atoms with Crippen molar-refractivity contribution in [3.05, 3.63) is 112 Å². The molecule has 0 radical (unpaired) electrons. The molecule has 2 aliphatic rings. The molecule has 0 saturated carbocycles. The third-order valence-corrected chi connectivity index (χ3v) is 6.20. The Labute approximate surface area is 160 Å². The summed E-state index contributed by atoms with van der Waals surface area (Å²) in [5.74, 6) is 0.299. The third-order valence-electron chi connectivity index (χ3n) is 6.20. The maximum atomic E-state index is 13.7. The maximum Gasteiger partial charge on any atom is 0.173 e. The van der Waals surface area contributed by atoms with Crippen molar-refractivity contribution >= 4 is 11.9 Å². The summed E-state index contributed by atoms with van der Waals surface area (Å²) in [6.45, 7) is 0. The van der Waals surface area contributed by atoms with Crippen molar-refractivity contribution in [2.45, 2.75) is 25.7 Å². The van der Waals surface area contributed by atoms with E-state index in [1.54, 1.807) is 0 Å². The van der Waals surface area contributed by atoms with Crippen LogP contribution in [0.25, 0.3) is 6.08 Å². The van der Waals surface area contributed by atoms with Gasteiger partial charge in [0.05, 0.1) is 5.41 Å². The predicted molar refractivity (Wildman–Crippen MR) is 110 cm³/mol. The highest BCUT2D eigenvalue weighted by molar-refractivity contribution is 6.07. The lowest BCUT2D eigenvalue weighted by Gasteiger charge is -2.33. The number of Topliss-reactive ketones (excluding diaryl/α,β-unsaturated/α-hetero) is 1. The van der Waals surface area contributed by atoms with E-state index >= 15 is 0 Å². The van der Waals surface area contributed by atoms with E-state index in [2.05, 4.69) is 66.7 Å². The Balaban J connectivity index is 1.65. The second-order valence-electron chi connectivity index (χ2n) is 7.78. The summed E-state index contributed by atoms with van der Waals surface area (Å²) in [5.41, 5.74) is 6.85. The van der Waals surface area contributed by atoms with Crippen molar-refractivity contribution in [1.82, 2.24) is 0 Å². The number of benzene rings is 3. The third kappa shape index (κ3) is 2.66. The van der Waals surface area contributed by atoms with Gasteiger partial charge in [-0.3, -0.25) is 4.79 Å². The molecule has 0 heterocycles. The molecule has 1 heteroatoms. The molecule has 3 aromatic rings. The van der Waals surface area contributed by atoms with Gasteiger partial charge in [-0.25, -0.2) is 0 Å². The minimum Gasteiger partial charge on any atom is -0.293 e. The van der Waals surface area contributed by atoms with Gasteiger partial charge in [0.1, 0.15) is 0 Å². The molecule has 1 nitrogen and oxygen atoms in total. The van der Waals surface area contributed by atoms with Gasteiger partial charge in [-0.15, -0.1) is 0 Å². The van der Waals surface area contributed by atoms with E-state index in [1.165, 1.54) is 27.8 Å². The molecule has 0 saturated heterocycles. The van der Waals surface area contributed by atoms with Gasteiger partial charge in [0.2, 0.25) is 0 Å². The number of rotatable bonds is 3. The van der Waals surface area contributed by atoms with Gasteiger partial charge >= 0.3 is 0 Å². The van der Waals surface area contributed by atoms with E-state index in [1.807, 2.05) is 18.2 Å². The van der Waals surface area contributed by atoms with E-state index in [9.17, 15) is 4.79 Å². The average Bonchev–Trinajstić information content (AvgIpc) is 3.01. The number of allylic oxidation sites excluding steroid dienone is 1. The smallest absolute Gasteiger partial charge is 0.173 e. The quantitative estimate of drug-likeness (QED) is 0.593. The molecule has 0 fully saturated rings. The molecular weight excluding hydrogens is 328 g/mol. The Morgan fingerprint density at radius 2 is 1.44 bits per heavy atom. The molecule has 0 aromatic heterocycles. The summed E-state index contributed by atoms with van der Waals surface area (Å²) in [5, 5.41) is 0. The first-order chi connectivity index (χ1) is 13.3. The van der Waals surface area contributed by atoms with Crippen LogP contribution in [0.5, 0.6) is 0 Å².